The van der Waals surface area contributed by atoms with E-state index in [9.17, 15) is 0 Å². The Labute approximate surface area is 153 Å². The first-order chi connectivity index (χ1) is 11.7. The molecular formula is C18H17BrN2O2S. The summed E-state index contributed by atoms with van der Waals surface area (Å²) in [6.45, 7) is 0.167. The Hall–Kier alpha value is -1.89. The number of methoxy groups -OCH3 is 1. The van der Waals surface area contributed by atoms with Gasteiger partial charge in [-0.1, -0.05) is 12.1 Å². The van der Waals surface area contributed by atoms with Crippen molar-refractivity contribution in [2.24, 2.45) is 0 Å². The first kappa shape index (κ1) is 17.0. The third-order valence-electron chi connectivity index (χ3n) is 3.56. The Bertz CT molecular complexity index is 818. The zero-order chi connectivity index (χ0) is 16.9. The Morgan fingerprint density at radius 1 is 1.21 bits per heavy atom. The number of aliphatic hydroxyl groups is 1. The predicted octanol–water partition coefficient (Wildman–Crippen LogP) is 4.86. The summed E-state index contributed by atoms with van der Waals surface area (Å²) in [5.74, 6) is 0.801. The number of halogens is 1. The van der Waals surface area contributed by atoms with Gasteiger partial charge < -0.3 is 15.2 Å². The van der Waals surface area contributed by atoms with Crippen molar-refractivity contribution in [2.75, 3.05) is 19.0 Å². The highest BCUT2D eigenvalue weighted by Crippen LogP contribution is 2.32. The largest absolute Gasteiger partial charge is 0.496 e. The van der Waals surface area contributed by atoms with E-state index in [0.29, 0.717) is 6.42 Å². The van der Waals surface area contributed by atoms with Gasteiger partial charge in [-0.25, -0.2) is 4.98 Å². The van der Waals surface area contributed by atoms with Gasteiger partial charge in [0.2, 0.25) is 0 Å². The first-order valence-electron chi connectivity index (χ1n) is 7.46. The van der Waals surface area contributed by atoms with Crippen LogP contribution in [-0.2, 0) is 6.42 Å². The summed E-state index contributed by atoms with van der Waals surface area (Å²) in [5, 5.41) is 15.1. The monoisotopic (exact) mass is 404 g/mol. The predicted molar refractivity (Wildman–Crippen MR) is 102 cm³/mol. The molecule has 4 nitrogen and oxygen atoms in total. The molecule has 24 heavy (non-hydrogen) atoms. The average Bonchev–Trinajstić information content (AvgIpc) is 3.05. The van der Waals surface area contributed by atoms with Gasteiger partial charge >= 0.3 is 0 Å². The molecule has 0 saturated heterocycles. The van der Waals surface area contributed by atoms with E-state index in [1.54, 1.807) is 18.4 Å². The van der Waals surface area contributed by atoms with Crippen LogP contribution in [0.15, 0.2) is 52.3 Å². The van der Waals surface area contributed by atoms with Gasteiger partial charge in [0.05, 0.1) is 17.3 Å². The van der Waals surface area contributed by atoms with Crippen LogP contribution in [0.1, 0.15) is 5.56 Å². The second-order valence-corrected chi connectivity index (χ2v) is 6.90. The maximum atomic E-state index is 8.95. The molecule has 0 amide bonds. The number of hydrogen-bond acceptors (Lipinski definition) is 5. The van der Waals surface area contributed by atoms with Crippen LogP contribution in [0.3, 0.4) is 0 Å². The van der Waals surface area contributed by atoms with Gasteiger partial charge in [-0.15, -0.1) is 11.3 Å². The standard InChI is InChI=1S/C18H17BrN2O2S/c1-23-17-7-4-13(10-15(17)19)16-11-24-18(21-16)20-14-5-2-12(3-6-14)8-9-22/h2-7,10-11,22H,8-9H2,1H3,(H,20,21). The molecule has 0 radical (unpaired) electrons. The van der Waals surface area contributed by atoms with Crippen molar-refractivity contribution in [1.29, 1.82) is 0 Å². The number of ether oxygens (including phenoxy) is 1. The smallest absolute Gasteiger partial charge is 0.187 e. The number of rotatable bonds is 6. The van der Waals surface area contributed by atoms with Crippen LogP contribution in [-0.4, -0.2) is 23.8 Å². The first-order valence-corrected chi connectivity index (χ1v) is 9.13. The van der Waals surface area contributed by atoms with Crippen LogP contribution in [0, 0.1) is 0 Å². The quantitative estimate of drug-likeness (QED) is 0.615. The lowest BCUT2D eigenvalue weighted by Crippen LogP contribution is -1.93. The highest BCUT2D eigenvalue weighted by Gasteiger charge is 2.08. The van der Waals surface area contributed by atoms with Crippen LogP contribution in [0.25, 0.3) is 11.3 Å². The highest BCUT2D eigenvalue weighted by atomic mass is 79.9. The lowest BCUT2D eigenvalue weighted by atomic mass is 10.1. The Balaban J connectivity index is 1.74. The van der Waals surface area contributed by atoms with Crippen molar-refractivity contribution in [1.82, 2.24) is 4.98 Å². The second kappa shape index (κ2) is 7.79. The van der Waals surface area contributed by atoms with Crippen molar-refractivity contribution in [2.45, 2.75) is 6.42 Å². The lowest BCUT2D eigenvalue weighted by molar-refractivity contribution is 0.299. The van der Waals surface area contributed by atoms with Crippen LogP contribution in [0.2, 0.25) is 0 Å². The zero-order valence-electron chi connectivity index (χ0n) is 13.1. The lowest BCUT2D eigenvalue weighted by Gasteiger charge is -2.05. The number of hydrogen-bond donors (Lipinski definition) is 2. The summed E-state index contributed by atoms with van der Waals surface area (Å²) in [6.07, 6.45) is 0.675. The molecule has 0 spiro atoms. The number of benzene rings is 2. The molecule has 0 aliphatic rings. The second-order valence-electron chi connectivity index (χ2n) is 5.18. The van der Waals surface area contributed by atoms with Crippen molar-refractivity contribution in [3.63, 3.8) is 0 Å². The Morgan fingerprint density at radius 2 is 2.00 bits per heavy atom. The van der Waals surface area contributed by atoms with Crippen molar-refractivity contribution >= 4 is 38.1 Å². The van der Waals surface area contributed by atoms with E-state index in [0.717, 1.165) is 37.9 Å². The van der Waals surface area contributed by atoms with Gasteiger partial charge in [0, 0.05) is 23.2 Å². The number of aromatic nitrogens is 1. The van der Waals surface area contributed by atoms with Gasteiger partial charge in [0.1, 0.15) is 5.75 Å². The van der Waals surface area contributed by atoms with Crippen LogP contribution < -0.4 is 10.1 Å². The SMILES string of the molecule is COc1ccc(-c2csc(Nc3ccc(CCO)cc3)n2)cc1Br. The highest BCUT2D eigenvalue weighted by molar-refractivity contribution is 9.10. The fraction of sp³-hybridized carbons (Fsp3) is 0.167. The van der Waals surface area contributed by atoms with E-state index in [-0.39, 0.29) is 6.61 Å². The molecule has 1 aromatic heterocycles. The van der Waals surface area contributed by atoms with Crippen molar-refractivity contribution < 1.29 is 9.84 Å². The molecule has 2 aromatic carbocycles. The molecule has 2 N–H and O–H groups in total. The molecule has 6 heteroatoms. The topological polar surface area (TPSA) is 54.4 Å². The van der Waals surface area contributed by atoms with Gasteiger partial charge in [0.25, 0.3) is 0 Å². The van der Waals surface area contributed by atoms with Crippen LogP contribution in [0.4, 0.5) is 10.8 Å². The van der Waals surface area contributed by atoms with E-state index in [4.69, 9.17) is 9.84 Å². The Morgan fingerprint density at radius 3 is 2.67 bits per heavy atom. The molecule has 3 rings (SSSR count). The molecule has 0 saturated carbocycles. The van der Waals surface area contributed by atoms with E-state index >= 15 is 0 Å². The van der Waals surface area contributed by atoms with E-state index < -0.39 is 0 Å². The van der Waals surface area contributed by atoms with Crippen molar-refractivity contribution in [3.8, 4) is 17.0 Å². The van der Waals surface area contributed by atoms with Crippen molar-refractivity contribution in [3.05, 3.63) is 57.9 Å². The van der Waals surface area contributed by atoms with Crippen LogP contribution in [0.5, 0.6) is 5.75 Å². The summed E-state index contributed by atoms with van der Waals surface area (Å²) in [6, 6.07) is 13.9. The van der Waals surface area contributed by atoms with Gasteiger partial charge in [-0.05, 0) is 58.2 Å². The van der Waals surface area contributed by atoms with E-state index in [2.05, 4.69) is 26.2 Å². The van der Waals surface area contributed by atoms with Crippen LogP contribution >= 0.6 is 27.3 Å². The number of nitrogens with one attached hydrogen (secondary N) is 1. The molecule has 3 aromatic rings. The fourth-order valence-corrected chi connectivity index (χ4v) is 3.58. The maximum Gasteiger partial charge on any atom is 0.187 e. The molecule has 0 bridgehead atoms. The zero-order valence-corrected chi connectivity index (χ0v) is 15.5. The minimum Gasteiger partial charge on any atom is -0.496 e. The number of anilines is 2. The number of aliphatic hydroxyl groups excluding tert-OH is 1. The van der Waals surface area contributed by atoms with E-state index in [1.807, 2.05) is 47.8 Å². The fourth-order valence-electron chi connectivity index (χ4n) is 2.30. The van der Waals surface area contributed by atoms with E-state index in [1.165, 1.54) is 0 Å². The maximum absolute atomic E-state index is 8.95. The van der Waals surface area contributed by atoms with Gasteiger partial charge in [-0.3, -0.25) is 0 Å². The third kappa shape index (κ3) is 3.95. The molecular weight excluding hydrogens is 388 g/mol. The molecule has 0 fully saturated rings. The summed E-state index contributed by atoms with van der Waals surface area (Å²) in [7, 11) is 1.65. The third-order valence-corrected chi connectivity index (χ3v) is 4.93. The summed E-state index contributed by atoms with van der Waals surface area (Å²) in [5.41, 5.74) is 4.05. The Kier molecular flexibility index (Phi) is 5.50. The van der Waals surface area contributed by atoms with Gasteiger partial charge in [-0.2, -0.15) is 0 Å². The molecule has 1 heterocycles. The minimum atomic E-state index is 0.167. The summed E-state index contributed by atoms with van der Waals surface area (Å²) < 4.78 is 6.16. The molecule has 0 unspecified atom stereocenters. The minimum absolute atomic E-state index is 0.167. The molecule has 0 aliphatic carbocycles. The molecule has 0 aliphatic heterocycles. The normalized spacial score (nSPS) is 10.6. The number of nitrogens with zero attached hydrogens (tertiary/aromatic N) is 1. The summed E-state index contributed by atoms with van der Waals surface area (Å²) >= 11 is 5.06. The average molecular weight is 405 g/mol. The molecule has 0 atom stereocenters. The summed E-state index contributed by atoms with van der Waals surface area (Å²) in [4.78, 5) is 4.64. The molecule has 124 valence electrons. The number of thiazole rings is 1. The van der Waals surface area contributed by atoms with Gasteiger partial charge in [0.15, 0.2) is 5.13 Å².